The van der Waals surface area contributed by atoms with Crippen molar-refractivity contribution in [2.24, 2.45) is 0 Å². The minimum atomic E-state index is 0.700. The highest BCUT2D eigenvalue weighted by atomic mass is 79.9. The van der Waals surface area contributed by atoms with Gasteiger partial charge in [-0.25, -0.2) is 9.97 Å². The molecule has 0 aliphatic carbocycles. The first-order valence-electron chi connectivity index (χ1n) is 5.97. The van der Waals surface area contributed by atoms with Gasteiger partial charge < -0.3 is 5.32 Å². The number of rotatable bonds is 4. The second-order valence-corrected chi connectivity index (χ2v) is 4.65. The Balaban J connectivity index is 2.52. The fraction of sp³-hybridized carbons (Fsp3) is 0.417. The second kappa shape index (κ2) is 5.48. The number of nitrogens with one attached hydrogen (secondary N) is 1. The van der Waals surface area contributed by atoms with Gasteiger partial charge in [0.1, 0.15) is 11.5 Å². The summed E-state index contributed by atoms with van der Waals surface area (Å²) in [4.78, 5) is 9.05. The molecule has 0 atom stereocenters. The molecule has 0 bridgehead atoms. The number of anilines is 1. The van der Waals surface area contributed by atoms with Crippen LogP contribution < -0.4 is 5.32 Å². The van der Waals surface area contributed by atoms with Crippen LogP contribution in [0.5, 0.6) is 0 Å². The standard InChI is InChI=1S/C12H16BrN5/c1-4-14-12-10(13)8(3)16-11(17-12)9-6-7-15-18(9)5-2/h6-7H,4-5H2,1-3H3,(H,14,16,17). The Morgan fingerprint density at radius 3 is 2.78 bits per heavy atom. The summed E-state index contributed by atoms with van der Waals surface area (Å²) in [6, 6.07) is 1.93. The number of hydrogen-bond donors (Lipinski definition) is 1. The molecule has 6 heteroatoms. The fourth-order valence-corrected chi connectivity index (χ4v) is 2.05. The topological polar surface area (TPSA) is 55.6 Å². The number of aryl methyl sites for hydroxylation is 2. The van der Waals surface area contributed by atoms with Crippen molar-refractivity contribution in [3.05, 3.63) is 22.4 Å². The van der Waals surface area contributed by atoms with Crippen molar-refractivity contribution in [3.63, 3.8) is 0 Å². The highest BCUT2D eigenvalue weighted by Gasteiger charge is 2.13. The van der Waals surface area contributed by atoms with E-state index < -0.39 is 0 Å². The maximum atomic E-state index is 4.54. The maximum Gasteiger partial charge on any atom is 0.180 e. The maximum absolute atomic E-state index is 4.54. The summed E-state index contributed by atoms with van der Waals surface area (Å²) in [5.41, 5.74) is 1.85. The van der Waals surface area contributed by atoms with E-state index in [0.29, 0.717) is 5.82 Å². The van der Waals surface area contributed by atoms with Crippen LogP contribution in [0.1, 0.15) is 19.5 Å². The molecular weight excluding hydrogens is 294 g/mol. The highest BCUT2D eigenvalue weighted by molar-refractivity contribution is 9.10. The van der Waals surface area contributed by atoms with Crippen LogP contribution in [0.15, 0.2) is 16.7 Å². The molecule has 0 amide bonds. The van der Waals surface area contributed by atoms with Gasteiger partial charge in [0.25, 0.3) is 0 Å². The average Bonchev–Trinajstić information content (AvgIpc) is 2.83. The molecule has 0 unspecified atom stereocenters. The molecule has 2 heterocycles. The Bertz CT molecular complexity index is 549. The van der Waals surface area contributed by atoms with Crippen molar-refractivity contribution in [1.29, 1.82) is 0 Å². The van der Waals surface area contributed by atoms with Gasteiger partial charge in [-0.15, -0.1) is 0 Å². The molecule has 0 saturated carbocycles. The number of halogens is 1. The Morgan fingerprint density at radius 1 is 1.33 bits per heavy atom. The van der Waals surface area contributed by atoms with Gasteiger partial charge in [-0.05, 0) is 42.8 Å². The smallest absolute Gasteiger partial charge is 0.180 e. The summed E-state index contributed by atoms with van der Waals surface area (Å²) in [5.74, 6) is 1.52. The van der Waals surface area contributed by atoms with Crippen molar-refractivity contribution in [2.75, 3.05) is 11.9 Å². The Kier molecular flexibility index (Phi) is 3.96. The molecule has 0 radical (unpaired) electrons. The van der Waals surface area contributed by atoms with Gasteiger partial charge in [-0.1, -0.05) is 0 Å². The highest BCUT2D eigenvalue weighted by Crippen LogP contribution is 2.26. The van der Waals surface area contributed by atoms with Gasteiger partial charge in [0.15, 0.2) is 5.82 Å². The molecule has 5 nitrogen and oxygen atoms in total. The normalized spacial score (nSPS) is 10.7. The molecule has 0 saturated heterocycles. The first-order valence-corrected chi connectivity index (χ1v) is 6.76. The largest absolute Gasteiger partial charge is 0.369 e. The molecule has 0 aliphatic heterocycles. The first kappa shape index (κ1) is 13.0. The van der Waals surface area contributed by atoms with E-state index in [1.165, 1.54) is 0 Å². The van der Waals surface area contributed by atoms with Crippen molar-refractivity contribution in [1.82, 2.24) is 19.7 Å². The van der Waals surface area contributed by atoms with E-state index in [2.05, 4.69) is 36.3 Å². The van der Waals surface area contributed by atoms with E-state index in [4.69, 9.17) is 0 Å². The lowest BCUT2D eigenvalue weighted by Crippen LogP contribution is -2.07. The third-order valence-electron chi connectivity index (χ3n) is 2.61. The third-order valence-corrected chi connectivity index (χ3v) is 3.56. The van der Waals surface area contributed by atoms with E-state index in [0.717, 1.165) is 34.8 Å². The van der Waals surface area contributed by atoms with Gasteiger partial charge in [0, 0.05) is 19.3 Å². The van der Waals surface area contributed by atoms with Crippen LogP contribution in [0.3, 0.4) is 0 Å². The zero-order chi connectivity index (χ0) is 13.1. The van der Waals surface area contributed by atoms with E-state index in [-0.39, 0.29) is 0 Å². The Morgan fingerprint density at radius 2 is 2.11 bits per heavy atom. The monoisotopic (exact) mass is 309 g/mol. The molecule has 0 fully saturated rings. The molecule has 2 aromatic heterocycles. The van der Waals surface area contributed by atoms with Crippen molar-refractivity contribution in [2.45, 2.75) is 27.3 Å². The minimum Gasteiger partial charge on any atom is -0.369 e. The third kappa shape index (κ3) is 2.38. The number of nitrogens with zero attached hydrogens (tertiary/aromatic N) is 4. The lowest BCUT2D eigenvalue weighted by atomic mass is 10.3. The second-order valence-electron chi connectivity index (χ2n) is 3.86. The summed E-state index contributed by atoms with van der Waals surface area (Å²) in [7, 11) is 0. The SMILES string of the molecule is CCNc1nc(-c2ccnn2CC)nc(C)c1Br. The van der Waals surface area contributed by atoms with Crippen molar-refractivity contribution in [3.8, 4) is 11.5 Å². The fourth-order valence-electron chi connectivity index (χ4n) is 1.73. The number of hydrogen-bond acceptors (Lipinski definition) is 4. The first-order chi connectivity index (χ1) is 8.67. The molecule has 0 spiro atoms. The van der Waals surface area contributed by atoms with Crippen molar-refractivity contribution >= 4 is 21.7 Å². The predicted octanol–water partition coefficient (Wildman–Crippen LogP) is 2.86. The number of aromatic nitrogens is 4. The van der Waals surface area contributed by atoms with Crippen molar-refractivity contribution < 1.29 is 0 Å². The van der Waals surface area contributed by atoms with E-state index in [1.54, 1.807) is 6.20 Å². The van der Waals surface area contributed by atoms with Gasteiger partial charge in [0.05, 0.1) is 10.2 Å². The predicted molar refractivity (Wildman–Crippen MR) is 75.5 cm³/mol. The van der Waals surface area contributed by atoms with E-state index in [1.807, 2.05) is 31.5 Å². The van der Waals surface area contributed by atoms with E-state index >= 15 is 0 Å². The zero-order valence-corrected chi connectivity index (χ0v) is 12.3. The summed E-state index contributed by atoms with van der Waals surface area (Å²) in [5, 5.41) is 7.47. The summed E-state index contributed by atoms with van der Waals surface area (Å²) >= 11 is 3.50. The summed E-state index contributed by atoms with van der Waals surface area (Å²) < 4.78 is 2.80. The molecule has 2 aromatic rings. The lowest BCUT2D eigenvalue weighted by Gasteiger charge is -2.10. The van der Waals surface area contributed by atoms with E-state index in [9.17, 15) is 0 Å². The van der Waals surface area contributed by atoms with Crippen LogP contribution in [0.4, 0.5) is 5.82 Å². The zero-order valence-electron chi connectivity index (χ0n) is 10.7. The molecule has 0 aromatic carbocycles. The molecule has 96 valence electrons. The van der Waals surface area contributed by atoms with Crippen LogP contribution in [-0.2, 0) is 6.54 Å². The van der Waals surface area contributed by atoms with Gasteiger partial charge in [-0.3, -0.25) is 4.68 Å². The molecule has 1 N–H and O–H groups in total. The Hall–Kier alpha value is -1.43. The molecule has 2 rings (SSSR count). The summed E-state index contributed by atoms with van der Waals surface area (Å²) in [6.07, 6.45) is 1.77. The van der Waals surface area contributed by atoms with Crippen LogP contribution in [0.25, 0.3) is 11.5 Å². The van der Waals surface area contributed by atoms with Gasteiger partial charge >= 0.3 is 0 Å². The average molecular weight is 310 g/mol. The molecule has 18 heavy (non-hydrogen) atoms. The molecule has 0 aliphatic rings. The quantitative estimate of drug-likeness (QED) is 0.943. The van der Waals surface area contributed by atoms with Crippen LogP contribution in [0.2, 0.25) is 0 Å². The minimum absolute atomic E-state index is 0.700. The van der Waals surface area contributed by atoms with Crippen LogP contribution in [0, 0.1) is 6.92 Å². The lowest BCUT2D eigenvalue weighted by molar-refractivity contribution is 0.663. The van der Waals surface area contributed by atoms with Crippen LogP contribution in [-0.4, -0.2) is 26.3 Å². The summed E-state index contributed by atoms with van der Waals surface area (Å²) in [6.45, 7) is 7.68. The van der Waals surface area contributed by atoms with Crippen LogP contribution >= 0.6 is 15.9 Å². The van der Waals surface area contributed by atoms with Gasteiger partial charge in [-0.2, -0.15) is 5.10 Å². The van der Waals surface area contributed by atoms with Gasteiger partial charge in [0.2, 0.25) is 0 Å². The molecular formula is C12H16BrN5. The Labute approximate surface area is 115 Å².